The third-order valence-electron chi connectivity index (χ3n) is 6.08. The highest BCUT2D eigenvalue weighted by Crippen LogP contribution is 2.35. The number of likely N-dealkylation sites (tertiary alicyclic amines) is 1. The maximum atomic E-state index is 12.5. The maximum absolute atomic E-state index is 12.5. The third-order valence-corrected chi connectivity index (χ3v) is 6.08. The molecular weight excluding hydrogens is 246 g/mol. The highest BCUT2D eigenvalue weighted by atomic mass is 16.2. The van der Waals surface area contributed by atoms with Crippen LogP contribution in [0.4, 0.5) is 0 Å². The van der Waals surface area contributed by atoms with Crippen LogP contribution in [0.15, 0.2) is 0 Å². The van der Waals surface area contributed by atoms with Crippen LogP contribution in [0.5, 0.6) is 0 Å². The van der Waals surface area contributed by atoms with Crippen LogP contribution in [-0.4, -0.2) is 23.9 Å². The zero-order chi connectivity index (χ0) is 13.8. The Labute approximate surface area is 124 Å². The number of rotatable bonds is 3. The van der Waals surface area contributed by atoms with Crippen molar-refractivity contribution in [3.63, 3.8) is 0 Å². The molecule has 1 atom stereocenters. The number of amides is 1. The van der Waals surface area contributed by atoms with E-state index in [9.17, 15) is 4.79 Å². The summed E-state index contributed by atoms with van der Waals surface area (Å²) in [6, 6.07) is 0. The van der Waals surface area contributed by atoms with Gasteiger partial charge in [0.1, 0.15) is 0 Å². The molecule has 3 aliphatic rings. The van der Waals surface area contributed by atoms with E-state index in [0.717, 1.165) is 31.3 Å². The van der Waals surface area contributed by atoms with Crippen LogP contribution in [0.2, 0.25) is 0 Å². The summed E-state index contributed by atoms with van der Waals surface area (Å²) in [6.45, 7) is 2.13. The lowest BCUT2D eigenvalue weighted by Gasteiger charge is -2.28. The first-order valence-electron chi connectivity index (χ1n) is 9.10. The van der Waals surface area contributed by atoms with E-state index in [2.05, 4.69) is 4.90 Å². The van der Waals surface area contributed by atoms with E-state index < -0.39 is 0 Å². The van der Waals surface area contributed by atoms with E-state index >= 15 is 0 Å². The molecule has 20 heavy (non-hydrogen) atoms. The quantitative estimate of drug-likeness (QED) is 0.749. The first-order chi connectivity index (χ1) is 9.83. The number of nitrogens with zero attached hydrogens (tertiary/aromatic N) is 1. The predicted octanol–water partition coefficient (Wildman–Crippen LogP) is 4.39. The molecule has 2 heteroatoms. The van der Waals surface area contributed by atoms with E-state index in [1.807, 2.05) is 0 Å². The lowest BCUT2D eigenvalue weighted by atomic mass is 9.79. The second kappa shape index (κ2) is 6.95. The van der Waals surface area contributed by atoms with Crippen molar-refractivity contribution in [2.24, 2.45) is 17.8 Å². The molecule has 1 unspecified atom stereocenters. The summed E-state index contributed by atoms with van der Waals surface area (Å²) >= 11 is 0. The standard InChI is InChI=1S/C18H31NO/c20-18(13-15-7-3-1-4-8-15)19-12-11-17(14-19)16-9-5-2-6-10-16/h15-17H,1-14H2. The van der Waals surface area contributed by atoms with Crippen molar-refractivity contribution in [1.29, 1.82) is 0 Å². The van der Waals surface area contributed by atoms with Crippen LogP contribution < -0.4 is 0 Å². The molecule has 3 fully saturated rings. The molecule has 2 aliphatic carbocycles. The molecule has 3 rings (SSSR count). The lowest BCUT2D eigenvalue weighted by molar-refractivity contribution is -0.131. The Hall–Kier alpha value is -0.530. The Bertz CT molecular complexity index is 315. The molecule has 0 bridgehead atoms. The van der Waals surface area contributed by atoms with Crippen molar-refractivity contribution >= 4 is 5.91 Å². The van der Waals surface area contributed by atoms with Crippen molar-refractivity contribution in [3.05, 3.63) is 0 Å². The third kappa shape index (κ3) is 3.56. The Balaban J connectivity index is 1.45. The topological polar surface area (TPSA) is 20.3 Å². The van der Waals surface area contributed by atoms with Gasteiger partial charge in [-0.25, -0.2) is 0 Å². The average Bonchev–Trinajstić information content (AvgIpc) is 2.99. The van der Waals surface area contributed by atoms with Gasteiger partial charge in [-0.1, -0.05) is 51.4 Å². The second-order valence-corrected chi connectivity index (χ2v) is 7.49. The summed E-state index contributed by atoms with van der Waals surface area (Å²) in [4.78, 5) is 14.7. The molecule has 0 aromatic carbocycles. The Morgan fingerprint density at radius 3 is 2.15 bits per heavy atom. The van der Waals surface area contributed by atoms with E-state index in [0.29, 0.717) is 11.8 Å². The zero-order valence-corrected chi connectivity index (χ0v) is 13.0. The number of carbonyl (C=O) groups excluding carboxylic acids is 1. The van der Waals surface area contributed by atoms with Gasteiger partial charge in [-0.3, -0.25) is 4.79 Å². The first kappa shape index (κ1) is 14.4. The van der Waals surface area contributed by atoms with Crippen LogP contribution in [0, 0.1) is 17.8 Å². The first-order valence-corrected chi connectivity index (χ1v) is 9.10. The highest BCUT2D eigenvalue weighted by molar-refractivity contribution is 5.76. The molecule has 1 aliphatic heterocycles. The summed E-state index contributed by atoms with van der Waals surface area (Å²) < 4.78 is 0. The van der Waals surface area contributed by atoms with Crippen molar-refractivity contribution in [3.8, 4) is 0 Å². The van der Waals surface area contributed by atoms with Gasteiger partial charge in [0.15, 0.2) is 0 Å². The minimum absolute atomic E-state index is 0.468. The molecule has 0 aromatic heterocycles. The second-order valence-electron chi connectivity index (χ2n) is 7.49. The van der Waals surface area contributed by atoms with E-state index in [1.165, 1.54) is 70.6 Å². The fourth-order valence-electron chi connectivity index (χ4n) is 4.77. The number of carbonyl (C=O) groups is 1. The number of hydrogen-bond acceptors (Lipinski definition) is 1. The molecule has 0 aromatic rings. The van der Waals surface area contributed by atoms with Crippen LogP contribution >= 0.6 is 0 Å². The van der Waals surface area contributed by atoms with E-state index in [1.54, 1.807) is 0 Å². The van der Waals surface area contributed by atoms with Crippen molar-refractivity contribution in [2.45, 2.75) is 77.0 Å². The SMILES string of the molecule is O=C(CC1CCCCC1)N1CCC(C2CCCCC2)C1. The molecule has 2 nitrogen and oxygen atoms in total. The summed E-state index contributed by atoms with van der Waals surface area (Å²) in [5.74, 6) is 2.92. The van der Waals surface area contributed by atoms with Crippen LogP contribution in [0.3, 0.4) is 0 Å². The van der Waals surface area contributed by atoms with Gasteiger partial charge in [0.2, 0.25) is 5.91 Å². The summed E-state index contributed by atoms with van der Waals surface area (Å²) in [5.41, 5.74) is 0. The van der Waals surface area contributed by atoms with Crippen molar-refractivity contribution in [1.82, 2.24) is 4.90 Å². The van der Waals surface area contributed by atoms with Gasteiger partial charge in [0.05, 0.1) is 0 Å². The fraction of sp³-hybridized carbons (Fsp3) is 0.944. The molecule has 1 saturated heterocycles. The summed E-state index contributed by atoms with van der Waals surface area (Å²) in [5, 5.41) is 0. The van der Waals surface area contributed by atoms with Crippen molar-refractivity contribution in [2.75, 3.05) is 13.1 Å². The lowest BCUT2D eigenvalue weighted by Crippen LogP contribution is -2.31. The van der Waals surface area contributed by atoms with Gasteiger partial charge < -0.3 is 4.90 Å². The zero-order valence-electron chi connectivity index (χ0n) is 13.0. The van der Waals surface area contributed by atoms with Crippen LogP contribution in [0.25, 0.3) is 0 Å². The van der Waals surface area contributed by atoms with Gasteiger partial charge in [-0.2, -0.15) is 0 Å². The Morgan fingerprint density at radius 1 is 0.800 bits per heavy atom. The van der Waals surface area contributed by atoms with E-state index in [-0.39, 0.29) is 0 Å². The molecule has 0 spiro atoms. The van der Waals surface area contributed by atoms with Crippen LogP contribution in [0.1, 0.15) is 77.0 Å². The molecule has 1 amide bonds. The number of hydrogen-bond donors (Lipinski definition) is 0. The van der Waals surface area contributed by atoms with Crippen LogP contribution in [-0.2, 0) is 4.79 Å². The normalized spacial score (nSPS) is 29.8. The largest absolute Gasteiger partial charge is 0.342 e. The highest BCUT2D eigenvalue weighted by Gasteiger charge is 2.33. The molecular formula is C18H31NO. The van der Waals surface area contributed by atoms with Gasteiger partial charge in [-0.05, 0) is 37.0 Å². The summed E-state index contributed by atoms with van der Waals surface area (Å²) in [7, 11) is 0. The average molecular weight is 277 g/mol. The summed E-state index contributed by atoms with van der Waals surface area (Å²) in [6.07, 6.45) is 16.0. The van der Waals surface area contributed by atoms with Gasteiger partial charge >= 0.3 is 0 Å². The molecule has 0 radical (unpaired) electrons. The minimum Gasteiger partial charge on any atom is -0.342 e. The molecule has 114 valence electrons. The van der Waals surface area contributed by atoms with E-state index in [4.69, 9.17) is 0 Å². The van der Waals surface area contributed by atoms with Gasteiger partial charge in [-0.15, -0.1) is 0 Å². The minimum atomic E-state index is 0.468. The molecule has 2 saturated carbocycles. The monoisotopic (exact) mass is 277 g/mol. The molecule has 0 N–H and O–H groups in total. The Morgan fingerprint density at radius 2 is 1.45 bits per heavy atom. The maximum Gasteiger partial charge on any atom is 0.222 e. The smallest absolute Gasteiger partial charge is 0.222 e. The Kier molecular flexibility index (Phi) is 5.01. The fourth-order valence-corrected chi connectivity index (χ4v) is 4.77. The van der Waals surface area contributed by atoms with Crippen molar-refractivity contribution < 1.29 is 4.79 Å². The predicted molar refractivity (Wildman–Crippen MR) is 82.5 cm³/mol. The molecule has 1 heterocycles. The van der Waals surface area contributed by atoms with Gasteiger partial charge in [0.25, 0.3) is 0 Å². The van der Waals surface area contributed by atoms with Gasteiger partial charge in [0, 0.05) is 19.5 Å².